The number of anilines is 1. The Labute approximate surface area is 171 Å². The molecular weight excluding hydrogens is 368 g/mol. The van der Waals surface area contributed by atoms with Crippen LogP contribution in [-0.2, 0) is 6.42 Å². The van der Waals surface area contributed by atoms with Crippen molar-refractivity contribution >= 4 is 22.9 Å². The first-order valence-electron chi connectivity index (χ1n) is 10.2. The summed E-state index contributed by atoms with van der Waals surface area (Å²) in [4.78, 5) is 20.6. The summed E-state index contributed by atoms with van der Waals surface area (Å²) in [5, 5.41) is 5.14. The van der Waals surface area contributed by atoms with Crippen LogP contribution in [0.15, 0.2) is 35.7 Å². The number of benzene rings is 1. The van der Waals surface area contributed by atoms with Crippen LogP contribution in [0, 0.1) is 0 Å². The molecule has 0 radical (unpaired) electrons. The molecule has 2 aliphatic heterocycles. The van der Waals surface area contributed by atoms with Gasteiger partial charge < -0.3 is 15.1 Å². The maximum absolute atomic E-state index is 12.5. The largest absolute Gasteiger partial charge is 0.374 e. The van der Waals surface area contributed by atoms with Gasteiger partial charge in [0.25, 0.3) is 5.91 Å². The summed E-state index contributed by atoms with van der Waals surface area (Å²) in [6.45, 7) is 5.99. The lowest BCUT2D eigenvalue weighted by Gasteiger charge is -2.39. The van der Waals surface area contributed by atoms with Gasteiger partial charge in [-0.15, -0.1) is 11.3 Å². The number of hydrogen-bond acceptors (Lipinski definition) is 5. The van der Waals surface area contributed by atoms with E-state index >= 15 is 0 Å². The number of piperazine rings is 1. The van der Waals surface area contributed by atoms with Gasteiger partial charge in [-0.1, -0.05) is 18.2 Å². The van der Waals surface area contributed by atoms with Crippen molar-refractivity contribution in [3.05, 3.63) is 51.7 Å². The van der Waals surface area contributed by atoms with Gasteiger partial charge in [0, 0.05) is 52.0 Å². The highest BCUT2D eigenvalue weighted by Gasteiger charge is 2.26. The van der Waals surface area contributed by atoms with E-state index in [-0.39, 0.29) is 11.9 Å². The van der Waals surface area contributed by atoms with Crippen LogP contribution < -0.4 is 10.2 Å². The molecule has 2 aromatic rings. The molecule has 2 aliphatic rings. The third-order valence-electron chi connectivity index (χ3n) is 6.02. The highest BCUT2D eigenvalue weighted by molar-refractivity contribution is 7.12. The minimum Gasteiger partial charge on any atom is -0.374 e. The van der Waals surface area contributed by atoms with E-state index in [1.54, 1.807) is 0 Å². The molecule has 1 fully saturated rings. The third kappa shape index (κ3) is 4.24. The topological polar surface area (TPSA) is 38.8 Å². The van der Waals surface area contributed by atoms with Crippen molar-refractivity contribution in [2.45, 2.75) is 18.9 Å². The van der Waals surface area contributed by atoms with Crippen molar-refractivity contribution in [3.63, 3.8) is 0 Å². The minimum absolute atomic E-state index is 0.0341. The summed E-state index contributed by atoms with van der Waals surface area (Å²) in [5.41, 5.74) is 4.12. The Kier molecular flexibility index (Phi) is 5.99. The van der Waals surface area contributed by atoms with E-state index in [2.05, 4.69) is 52.3 Å². The van der Waals surface area contributed by atoms with Crippen LogP contribution in [0.2, 0.25) is 0 Å². The molecule has 3 heterocycles. The molecule has 0 aliphatic carbocycles. The van der Waals surface area contributed by atoms with E-state index in [0.717, 1.165) is 44.0 Å². The number of likely N-dealkylation sites (N-methyl/N-ethyl adjacent to an activating group) is 1. The minimum atomic E-state index is 0.0341. The molecule has 6 heteroatoms. The monoisotopic (exact) mass is 398 g/mol. The van der Waals surface area contributed by atoms with E-state index in [0.29, 0.717) is 6.54 Å². The lowest BCUT2D eigenvalue weighted by Crippen LogP contribution is -2.48. The van der Waals surface area contributed by atoms with Crippen molar-refractivity contribution in [3.8, 4) is 0 Å². The average Bonchev–Trinajstić information content (AvgIpc) is 3.24. The molecule has 150 valence electrons. The lowest BCUT2D eigenvalue weighted by atomic mass is 9.95. The highest BCUT2D eigenvalue weighted by atomic mass is 32.1. The Hall–Kier alpha value is -1.89. The zero-order valence-electron chi connectivity index (χ0n) is 16.9. The molecule has 1 N–H and O–H groups in total. The van der Waals surface area contributed by atoms with Gasteiger partial charge in [0.15, 0.2) is 0 Å². The van der Waals surface area contributed by atoms with E-state index in [4.69, 9.17) is 0 Å². The summed E-state index contributed by atoms with van der Waals surface area (Å²) in [6, 6.07) is 11.0. The van der Waals surface area contributed by atoms with Crippen molar-refractivity contribution in [2.24, 2.45) is 0 Å². The van der Waals surface area contributed by atoms with Gasteiger partial charge >= 0.3 is 0 Å². The van der Waals surface area contributed by atoms with E-state index in [1.165, 1.54) is 34.6 Å². The van der Waals surface area contributed by atoms with Gasteiger partial charge in [0.05, 0.1) is 10.9 Å². The van der Waals surface area contributed by atoms with Crippen molar-refractivity contribution < 1.29 is 4.79 Å². The molecule has 1 atom stereocenters. The van der Waals surface area contributed by atoms with Gasteiger partial charge in [-0.2, -0.15) is 0 Å². The number of hydrogen-bond donors (Lipinski definition) is 1. The first-order valence-corrected chi connectivity index (χ1v) is 11.1. The number of rotatable bonds is 5. The average molecular weight is 399 g/mol. The van der Waals surface area contributed by atoms with Crippen LogP contribution in [0.4, 0.5) is 5.69 Å². The zero-order valence-corrected chi connectivity index (χ0v) is 17.7. The Morgan fingerprint density at radius 3 is 2.71 bits per heavy atom. The molecule has 5 nitrogen and oxygen atoms in total. The number of nitrogens with zero attached hydrogens (tertiary/aromatic N) is 3. The molecule has 28 heavy (non-hydrogen) atoms. The zero-order chi connectivity index (χ0) is 19.5. The Morgan fingerprint density at radius 1 is 1.14 bits per heavy atom. The first kappa shape index (κ1) is 19.4. The molecule has 0 unspecified atom stereocenters. The number of carbonyl (C=O) groups is 1. The van der Waals surface area contributed by atoms with Gasteiger partial charge in [0.1, 0.15) is 0 Å². The fraction of sp³-hybridized carbons (Fsp3) is 0.500. The van der Waals surface area contributed by atoms with Crippen LogP contribution in [0.25, 0.3) is 0 Å². The molecule has 0 bridgehead atoms. The van der Waals surface area contributed by atoms with Crippen LogP contribution >= 0.6 is 11.3 Å². The van der Waals surface area contributed by atoms with E-state index in [9.17, 15) is 4.79 Å². The van der Waals surface area contributed by atoms with E-state index in [1.807, 2.05) is 17.5 Å². The van der Waals surface area contributed by atoms with Crippen molar-refractivity contribution in [1.29, 1.82) is 0 Å². The first-order chi connectivity index (χ1) is 13.6. The van der Waals surface area contributed by atoms with Gasteiger partial charge in [-0.25, -0.2) is 0 Å². The second-order valence-corrected chi connectivity index (χ2v) is 8.90. The molecule has 1 aromatic carbocycles. The van der Waals surface area contributed by atoms with E-state index < -0.39 is 0 Å². The fourth-order valence-corrected chi connectivity index (χ4v) is 4.93. The number of aryl methyl sites for hydroxylation is 1. The van der Waals surface area contributed by atoms with Crippen molar-refractivity contribution in [2.75, 3.05) is 58.3 Å². The van der Waals surface area contributed by atoms with Crippen LogP contribution in [-0.4, -0.2) is 69.1 Å². The number of carbonyl (C=O) groups excluding carboxylic acids is 1. The summed E-state index contributed by atoms with van der Waals surface area (Å²) in [6.07, 6.45) is 2.35. The number of fused-ring (bicyclic) bond motifs is 1. The lowest BCUT2D eigenvalue weighted by molar-refractivity contribution is 0.0889. The molecular formula is C22H30N4OS. The van der Waals surface area contributed by atoms with Crippen LogP contribution in [0.3, 0.4) is 0 Å². The Morgan fingerprint density at radius 2 is 1.96 bits per heavy atom. The summed E-state index contributed by atoms with van der Waals surface area (Å²) in [7, 11) is 4.36. The van der Waals surface area contributed by atoms with Gasteiger partial charge in [0.2, 0.25) is 0 Å². The quantitative estimate of drug-likeness (QED) is 0.841. The standard InChI is InChI=1S/C22H30N4OS/c1-24-10-12-26(13-11-24)20(16-23-22(27)21-6-4-14-28-21)18-7-8-19-17(15-18)5-3-9-25(19)2/h4,6-8,14-15,20H,3,5,9-13,16H2,1-2H3,(H,23,27)/t20-/m1/s1. The number of thiophene rings is 1. The number of nitrogens with one attached hydrogen (secondary N) is 1. The maximum Gasteiger partial charge on any atom is 0.261 e. The Balaban J connectivity index is 1.55. The predicted molar refractivity (Wildman–Crippen MR) is 116 cm³/mol. The summed E-state index contributed by atoms with van der Waals surface area (Å²) < 4.78 is 0. The maximum atomic E-state index is 12.5. The summed E-state index contributed by atoms with van der Waals surface area (Å²) in [5.74, 6) is 0.0341. The smallest absolute Gasteiger partial charge is 0.261 e. The molecule has 1 amide bonds. The van der Waals surface area contributed by atoms with Crippen molar-refractivity contribution in [1.82, 2.24) is 15.1 Å². The third-order valence-corrected chi connectivity index (χ3v) is 6.89. The van der Waals surface area contributed by atoms with Gasteiger partial charge in [-0.05, 0) is 48.5 Å². The van der Waals surface area contributed by atoms with Gasteiger partial charge in [-0.3, -0.25) is 9.69 Å². The normalized spacial score (nSPS) is 19.3. The SMILES string of the molecule is CN1CCN([C@H](CNC(=O)c2cccs2)c2ccc3c(c2)CCCN3C)CC1. The Bertz CT molecular complexity index is 799. The predicted octanol–water partition coefficient (Wildman–Crippen LogP) is 2.85. The molecule has 4 rings (SSSR count). The van der Waals surface area contributed by atoms with Crippen LogP contribution in [0.5, 0.6) is 0 Å². The molecule has 0 spiro atoms. The highest BCUT2D eigenvalue weighted by Crippen LogP contribution is 2.31. The molecule has 1 aromatic heterocycles. The second kappa shape index (κ2) is 8.64. The second-order valence-electron chi connectivity index (χ2n) is 7.96. The fourth-order valence-electron chi connectivity index (χ4n) is 4.29. The molecule has 0 saturated carbocycles. The number of amides is 1. The molecule has 1 saturated heterocycles. The summed E-state index contributed by atoms with van der Waals surface area (Å²) >= 11 is 1.50. The van der Waals surface area contributed by atoms with Crippen LogP contribution in [0.1, 0.15) is 33.3 Å².